The van der Waals surface area contributed by atoms with Crippen molar-refractivity contribution in [2.45, 2.75) is 33.1 Å². The van der Waals surface area contributed by atoms with E-state index in [-0.39, 0.29) is 11.2 Å². The van der Waals surface area contributed by atoms with Gasteiger partial charge < -0.3 is 9.73 Å². The first-order chi connectivity index (χ1) is 12.6. The zero-order valence-electron chi connectivity index (χ0n) is 15.5. The molecular formula is C19H20N4O4. The van der Waals surface area contributed by atoms with Gasteiger partial charge in [-0.1, -0.05) is 32.9 Å². The van der Waals surface area contributed by atoms with Gasteiger partial charge in [0.15, 0.2) is 5.76 Å². The Bertz CT molecular complexity index is 1010. The number of anilines is 1. The third-order valence-corrected chi connectivity index (χ3v) is 3.96. The third-order valence-electron chi connectivity index (χ3n) is 3.96. The number of aromatic nitrogens is 2. The minimum atomic E-state index is -0.689. The molecule has 1 aromatic carbocycles. The van der Waals surface area contributed by atoms with Crippen molar-refractivity contribution in [3.8, 4) is 5.69 Å². The van der Waals surface area contributed by atoms with Gasteiger partial charge in [0.1, 0.15) is 10.7 Å². The molecule has 0 spiro atoms. The van der Waals surface area contributed by atoms with Gasteiger partial charge >= 0.3 is 5.88 Å². The quantitative estimate of drug-likeness (QED) is 0.548. The molecule has 8 heteroatoms. The van der Waals surface area contributed by atoms with Crippen LogP contribution in [-0.4, -0.2) is 20.6 Å². The number of carbonyl (C=O) groups is 1. The molecule has 140 valence electrons. The Morgan fingerprint density at radius 2 is 1.96 bits per heavy atom. The van der Waals surface area contributed by atoms with Crippen molar-refractivity contribution in [1.29, 1.82) is 0 Å². The summed E-state index contributed by atoms with van der Waals surface area (Å²) in [6.07, 6.45) is 0. The number of hydrogen-bond donors (Lipinski definition) is 1. The number of nitrogens with one attached hydrogen (secondary N) is 1. The fourth-order valence-electron chi connectivity index (χ4n) is 2.52. The van der Waals surface area contributed by atoms with Crippen molar-refractivity contribution < 1.29 is 14.1 Å². The highest BCUT2D eigenvalue weighted by molar-refractivity contribution is 6.02. The minimum absolute atomic E-state index is 0.143. The van der Waals surface area contributed by atoms with Crippen LogP contribution in [0.3, 0.4) is 0 Å². The highest BCUT2D eigenvalue weighted by Gasteiger charge is 2.23. The van der Waals surface area contributed by atoms with E-state index in [9.17, 15) is 14.9 Å². The maximum atomic E-state index is 12.5. The van der Waals surface area contributed by atoms with Crippen LogP contribution in [0.1, 0.15) is 42.6 Å². The fraction of sp³-hybridized carbons (Fsp3) is 0.263. The summed E-state index contributed by atoms with van der Waals surface area (Å²) in [6, 6.07) is 11.9. The largest absolute Gasteiger partial charge is 0.433 e. The number of amides is 1. The first kappa shape index (κ1) is 18.4. The highest BCUT2D eigenvalue weighted by Crippen LogP contribution is 2.27. The van der Waals surface area contributed by atoms with Gasteiger partial charge in [-0.3, -0.25) is 14.9 Å². The van der Waals surface area contributed by atoms with E-state index in [2.05, 4.69) is 10.4 Å². The van der Waals surface area contributed by atoms with Gasteiger partial charge in [-0.25, -0.2) is 4.68 Å². The smallest absolute Gasteiger partial charge is 0.395 e. The average molecular weight is 368 g/mol. The predicted octanol–water partition coefficient (Wildman–Crippen LogP) is 4.23. The SMILES string of the molecule is Cc1cccc(-n2nc(C(C)(C)C)cc2NC(=O)c2ccc([N+](=O)[O-])o2)c1. The van der Waals surface area contributed by atoms with Crippen molar-refractivity contribution in [1.82, 2.24) is 9.78 Å². The number of nitrogens with zero attached hydrogens (tertiary/aromatic N) is 3. The second-order valence-corrected chi connectivity index (χ2v) is 7.26. The normalized spacial score (nSPS) is 11.4. The molecule has 0 fully saturated rings. The lowest BCUT2D eigenvalue weighted by molar-refractivity contribution is -0.402. The number of rotatable bonds is 4. The fourth-order valence-corrected chi connectivity index (χ4v) is 2.52. The standard InChI is InChI=1S/C19H20N4O4/c1-12-6-5-7-13(10-12)22-16(11-15(21-22)19(2,3)4)20-18(24)14-8-9-17(27-14)23(25)26/h5-11H,1-4H3,(H,20,24). The predicted molar refractivity (Wildman–Crippen MR) is 100 cm³/mol. The molecule has 2 aromatic heterocycles. The lowest BCUT2D eigenvalue weighted by Gasteiger charge is -2.14. The molecule has 2 heterocycles. The molecule has 1 amide bonds. The number of hydrogen-bond acceptors (Lipinski definition) is 5. The molecule has 0 aliphatic carbocycles. The number of benzene rings is 1. The number of aryl methyl sites for hydroxylation is 1. The van der Waals surface area contributed by atoms with Crippen LogP contribution in [0, 0.1) is 17.0 Å². The first-order valence-corrected chi connectivity index (χ1v) is 8.38. The van der Waals surface area contributed by atoms with Crippen LogP contribution < -0.4 is 5.32 Å². The molecule has 0 atom stereocenters. The summed E-state index contributed by atoms with van der Waals surface area (Å²) in [4.78, 5) is 22.5. The van der Waals surface area contributed by atoms with Gasteiger partial charge in [0.2, 0.25) is 0 Å². The van der Waals surface area contributed by atoms with E-state index in [0.29, 0.717) is 5.82 Å². The van der Waals surface area contributed by atoms with Crippen LogP contribution in [-0.2, 0) is 5.41 Å². The molecule has 0 radical (unpaired) electrons. The van der Waals surface area contributed by atoms with Crippen molar-refractivity contribution in [3.63, 3.8) is 0 Å². The maximum Gasteiger partial charge on any atom is 0.433 e. The van der Waals surface area contributed by atoms with Gasteiger partial charge in [-0.15, -0.1) is 0 Å². The second-order valence-electron chi connectivity index (χ2n) is 7.26. The zero-order valence-corrected chi connectivity index (χ0v) is 15.5. The van der Waals surface area contributed by atoms with E-state index >= 15 is 0 Å². The van der Waals surface area contributed by atoms with Gasteiger partial charge in [0, 0.05) is 11.5 Å². The molecule has 0 unspecified atom stereocenters. The monoisotopic (exact) mass is 368 g/mol. The zero-order chi connectivity index (χ0) is 19.8. The lowest BCUT2D eigenvalue weighted by atomic mass is 9.92. The lowest BCUT2D eigenvalue weighted by Crippen LogP contribution is -2.14. The van der Waals surface area contributed by atoms with Crippen LogP contribution in [0.5, 0.6) is 0 Å². The van der Waals surface area contributed by atoms with E-state index in [0.717, 1.165) is 23.0 Å². The van der Waals surface area contributed by atoms with Crippen LogP contribution in [0.25, 0.3) is 5.69 Å². The third kappa shape index (κ3) is 3.89. The molecule has 0 bridgehead atoms. The number of furan rings is 1. The van der Waals surface area contributed by atoms with Crippen LogP contribution in [0.2, 0.25) is 0 Å². The van der Waals surface area contributed by atoms with Gasteiger partial charge in [-0.05, 0) is 30.7 Å². The van der Waals surface area contributed by atoms with E-state index in [1.807, 2.05) is 52.0 Å². The second kappa shape index (κ2) is 6.71. The highest BCUT2D eigenvalue weighted by atomic mass is 16.6. The minimum Gasteiger partial charge on any atom is -0.395 e. The summed E-state index contributed by atoms with van der Waals surface area (Å²) < 4.78 is 6.62. The van der Waals surface area contributed by atoms with Crippen LogP contribution in [0.4, 0.5) is 11.7 Å². The topological polar surface area (TPSA) is 103 Å². The molecule has 1 N–H and O–H groups in total. The molecule has 0 aliphatic heterocycles. The van der Waals surface area contributed by atoms with Crippen molar-refractivity contribution in [3.05, 3.63) is 69.6 Å². The van der Waals surface area contributed by atoms with Crippen molar-refractivity contribution in [2.75, 3.05) is 5.32 Å². The number of carbonyl (C=O) groups excluding carboxylic acids is 1. The van der Waals surface area contributed by atoms with Crippen LogP contribution >= 0.6 is 0 Å². The Hall–Kier alpha value is -3.42. The molecule has 0 saturated carbocycles. The maximum absolute atomic E-state index is 12.5. The molecule has 27 heavy (non-hydrogen) atoms. The summed E-state index contributed by atoms with van der Waals surface area (Å²) in [6.45, 7) is 8.05. The first-order valence-electron chi connectivity index (χ1n) is 8.38. The van der Waals surface area contributed by atoms with Crippen molar-refractivity contribution in [2.24, 2.45) is 0 Å². The Kier molecular flexibility index (Phi) is 4.57. The Morgan fingerprint density at radius 1 is 1.22 bits per heavy atom. The van der Waals surface area contributed by atoms with Gasteiger partial charge in [-0.2, -0.15) is 5.10 Å². The van der Waals surface area contributed by atoms with E-state index in [4.69, 9.17) is 4.42 Å². The summed E-state index contributed by atoms with van der Waals surface area (Å²) in [5.74, 6) is -0.759. The van der Waals surface area contributed by atoms with Crippen molar-refractivity contribution >= 4 is 17.6 Å². The molecule has 3 aromatic rings. The summed E-state index contributed by atoms with van der Waals surface area (Å²) in [5, 5.41) is 18.1. The number of nitro groups is 1. The summed E-state index contributed by atoms with van der Waals surface area (Å²) in [7, 11) is 0. The molecular weight excluding hydrogens is 348 g/mol. The molecule has 0 aliphatic rings. The van der Waals surface area contributed by atoms with E-state index < -0.39 is 16.7 Å². The van der Waals surface area contributed by atoms with E-state index in [1.165, 1.54) is 6.07 Å². The molecule has 0 saturated heterocycles. The Labute approximate surface area is 156 Å². The Morgan fingerprint density at radius 3 is 2.56 bits per heavy atom. The van der Waals surface area contributed by atoms with Crippen LogP contribution in [0.15, 0.2) is 46.9 Å². The molecule has 8 nitrogen and oxygen atoms in total. The van der Waals surface area contributed by atoms with Gasteiger partial charge in [0.05, 0.1) is 17.4 Å². The van der Waals surface area contributed by atoms with Gasteiger partial charge in [0.25, 0.3) is 5.91 Å². The molecule has 3 rings (SSSR count). The van der Waals surface area contributed by atoms with E-state index in [1.54, 1.807) is 10.7 Å². The summed E-state index contributed by atoms with van der Waals surface area (Å²) in [5.41, 5.74) is 2.42. The Balaban J connectivity index is 1.99. The summed E-state index contributed by atoms with van der Waals surface area (Å²) >= 11 is 0. The average Bonchev–Trinajstić information content (AvgIpc) is 3.21.